The number of rotatable bonds is 7. The second-order valence-corrected chi connectivity index (χ2v) is 4.32. The number of non-ortho nitro benzene ring substituents is 1. The minimum atomic E-state index is -0.939. The average molecular weight is 296 g/mol. The van der Waals surface area contributed by atoms with E-state index in [0.717, 1.165) is 12.1 Å². The summed E-state index contributed by atoms with van der Waals surface area (Å²) in [5.41, 5.74) is 4.02. The maximum atomic E-state index is 11.5. The quantitative estimate of drug-likeness (QED) is 0.602. The first-order chi connectivity index (χ1) is 9.83. The van der Waals surface area contributed by atoms with Crippen LogP contribution in [0.25, 0.3) is 0 Å². The molecule has 0 aliphatic carbocycles. The smallest absolute Gasteiger partial charge is 0.300 e. The number of amides is 1. The van der Waals surface area contributed by atoms with Gasteiger partial charge in [0.25, 0.3) is 17.3 Å². The van der Waals surface area contributed by atoms with E-state index in [2.05, 4.69) is 0 Å². The lowest BCUT2D eigenvalue weighted by Gasteiger charge is -2.23. The van der Waals surface area contributed by atoms with Gasteiger partial charge in [-0.05, 0) is 13.3 Å². The molecule has 1 rings (SSSR count). The van der Waals surface area contributed by atoms with E-state index in [1.807, 2.05) is 6.92 Å². The maximum Gasteiger partial charge on any atom is 0.300 e. The molecule has 1 aromatic rings. The third kappa shape index (κ3) is 3.44. The second kappa shape index (κ2) is 6.64. The SMILES string of the molecule is CCCN(CC)c1c(C(N)=O)cc([N+](=O)[O-])cc1[N+](=O)[O-]. The Morgan fingerprint density at radius 1 is 1.24 bits per heavy atom. The van der Waals surface area contributed by atoms with Crippen molar-refractivity contribution in [3.63, 3.8) is 0 Å². The van der Waals surface area contributed by atoms with Gasteiger partial charge in [-0.1, -0.05) is 6.92 Å². The number of nitro benzene ring substituents is 2. The zero-order valence-electron chi connectivity index (χ0n) is 11.7. The highest BCUT2D eigenvalue weighted by molar-refractivity contribution is 6.01. The predicted molar refractivity (Wildman–Crippen MR) is 76.4 cm³/mol. The van der Waals surface area contributed by atoms with Crippen LogP contribution in [-0.4, -0.2) is 28.8 Å². The third-order valence-corrected chi connectivity index (χ3v) is 2.94. The van der Waals surface area contributed by atoms with Crippen molar-refractivity contribution in [3.8, 4) is 0 Å². The molecule has 9 nitrogen and oxygen atoms in total. The number of hydrogen-bond donors (Lipinski definition) is 1. The van der Waals surface area contributed by atoms with E-state index in [9.17, 15) is 25.0 Å². The van der Waals surface area contributed by atoms with Crippen molar-refractivity contribution in [2.45, 2.75) is 20.3 Å². The highest BCUT2D eigenvalue weighted by atomic mass is 16.6. The van der Waals surface area contributed by atoms with Crippen LogP contribution < -0.4 is 10.6 Å². The first kappa shape index (κ1) is 16.3. The normalized spacial score (nSPS) is 10.2. The van der Waals surface area contributed by atoms with Gasteiger partial charge in [0, 0.05) is 19.2 Å². The summed E-state index contributed by atoms with van der Waals surface area (Å²) in [6.45, 7) is 4.53. The Bertz CT molecular complexity index is 552. The molecule has 9 heteroatoms. The summed E-state index contributed by atoms with van der Waals surface area (Å²) < 4.78 is 0. The number of hydrogen-bond acceptors (Lipinski definition) is 6. The third-order valence-electron chi connectivity index (χ3n) is 2.94. The zero-order chi connectivity index (χ0) is 16.2. The van der Waals surface area contributed by atoms with E-state index in [4.69, 9.17) is 5.73 Å². The fraction of sp³-hybridized carbons (Fsp3) is 0.417. The van der Waals surface area contributed by atoms with E-state index in [0.29, 0.717) is 19.5 Å². The minimum Gasteiger partial charge on any atom is -0.366 e. The van der Waals surface area contributed by atoms with Crippen molar-refractivity contribution in [1.82, 2.24) is 0 Å². The van der Waals surface area contributed by atoms with Crippen LogP contribution in [-0.2, 0) is 0 Å². The van der Waals surface area contributed by atoms with Crippen molar-refractivity contribution in [3.05, 3.63) is 37.9 Å². The highest BCUT2D eigenvalue weighted by Crippen LogP contribution is 2.36. The molecule has 0 aliphatic heterocycles. The molecule has 0 radical (unpaired) electrons. The van der Waals surface area contributed by atoms with Crippen LogP contribution in [0, 0.1) is 20.2 Å². The Kier molecular flexibility index (Phi) is 5.17. The van der Waals surface area contributed by atoms with Gasteiger partial charge in [-0.2, -0.15) is 0 Å². The van der Waals surface area contributed by atoms with Gasteiger partial charge in [-0.15, -0.1) is 0 Å². The fourth-order valence-electron chi connectivity index (χ4n) is 2.07. The van der Waals surface area contributed by atoms with Crippen molar-refractivity contribution in [2.75, 3.05) is 18.0 Å². The molecule has 2 N–H and O–H groups in total. The average Bonchev–Trinajstić information content (AvgIpc) is 2.43. The van der Waals surface area contributed by atoms with Gasteiger partial charge in [-0.3, -0.25) is 25.0 Å². The van der Waals surface area contributed by atoms with Crippen molar-refractivity contribution >= 4 is 23.0 Å². The number of carbonyl (C=O) groups is 1. The lowest BCUT2D eigenvalue weighted by Crippen LogP contribution is -2.28. The number of primary amides is 1. The number of carbonyl (C=O) groups excluding carboxylic acids is 1. The molecule has 0 aliphatic rings. The Labute approximate surface area is 120 Å². The summed E-state index contributed by atoms with van der Waals surface area (Å²) in [7, 11) is 0. The van der Waals surface area contributed by atoms with E-state index >= 15 is 0 Å². The van der Waals surface area contributed by atoms with Crippen LogP contribution in [0.15, 0.2) is 12.1 Å². The molecular formula is C12H16N4O5. The molecule has 0 aromatic heterocycles. The Balaban J connectivity index is 3.67. The maximum absolute atomic E-state index is 11.5. The summed E-state index contributed by atoms with van der Waals surface area (Å²) in [6.07, 6.45) is 0.695. The van der Waals surface area contributed by atoms with Gasteiger partial charge in [0.1, 0.15) is 5.69 Å². The standard InChI is InChI=1S/C12H16N4O5/c1-3-5-14(4-2)11-9(12(13)17)6-8(15(18)19)7-10(11)16(20)21/h6-7H,3-5H2,1-2H3,(H2,13,17). The summed E-state index contributed by atoms with van der Waals surface area (Å²) in [5.74, 6) is -0.939. The van der Waals surface area contributed by atoms with Crippen molar-refractivity contribution in [2.24, 2.45) is 5.73 Å². The Morgan fingerprint density at radius 2 is 1.86 bits per heavy atom. The Morgan fingerprint density at radius 3 is 2.24 bits per heavy atom. The monoisotopic (exact) mass is 296 g/mol. The van der Waals surface area contributed by atoms with Crippen LogP contribution in [0.5, 0.6) is 0 Å². The van der Waals surface area contributed by atoms with Crippen LogP contribution in [0.3, 0.4) is 0 Å². The number of anilines is 1. The molecular weight excluding hydrogens is 280 g/mol. The van der Waals surface area contributed by atoms with E-state index < -0.39 is 27.1 Å². The number of nitro groups is 2. The van der Waals surface area contributed by atoms with Gasteiger partial charge in [0.05, 0.1) is 21.5 Å². The summed E-state index contributed by atoms with van der Waals surface area (Å²) >= 11 is 0. The fourth-order valence-corrected chi connectivity index (χ4v) is 2.07. The van der Waals surface area contributed by atoms with E-state index in [1.165, 1.54) is 0 Å². The van der Waals surface area contributed by atoms with Gasteiger partial charge in [0.2, 0.25) is 0 Å². The van der Waals surface area contributed by atoms with Crippen LogP contribution in [0.2, 0.25) is 0 Å². The molecule has 0 bridgehead atoms. The molecule has 21 heavy (non-hydrogen) atoms. The molecule has 1 amide bonds. The number of benzene rings is 1. The predicted octanol–water partition coefficient (Wildman–Crippen LogP) is 1.84. The molecule has 0 heterocycles. The first-order valence-corrected chi connectivity index (χ1v) is 6.35. The second-order valence-electron chi connectivity index (χ2n) is 4.32. The summed E-state index contributed by atoms with van der Waals surface area (Å²) in [6, 6.07) is 1.82. The lowest BCUT2D eigenvalue weighted by atomic mass is 10.1. The molecule has 0 saturated heterocycles. The first-order valence-electron chi connectivity index (χ1n) is 6.35. The van der Waals surface area contributed by atoms with Gasteiger partial charge in [0.15, 0.2) is 0 Å². The zero-order valence-corrected chi connectivity index (χ0v) is 11.7. The van der Waals surface area contributed by atoms with E-state index in [1.54, 1.807) is 11.8 Å². The topological polar surface area (TPSA) is 133 Å². The largest absolute Gasteiger partial charge is 0.366 e. The van der Waals surface area contributed by atoms with Gasteiger partial charge in [-0.25, -0.2) is 0 Å². The summed E-state index contributed by atoms with van der Waals surface area (Å²) in [5, 5.41) is 22.0. The molecule has 0 saturated carbocycles. The minimum absolute atomic E-state index is 0.0300. The molecule has 114 valence electrons. The lowest BCUT2D eigenvalue weighted by molar-refractivity contribution is -0.393. The molecule has 0 unspecified atom stereocenters. The summed E-state index contributed by atoms with van der Waals surface area (Å²) in [4.78, 5) is 33.7. The number of nitrogens with zero attached hydrogens (tertiary/aromatic N) is 3. The van der Waals surface area contributed by atoms with Crippen LogP contribution in [0.1, 0.15) is 30.6 Å². The van der Waals surface area contributed by atoms with Crippen molar-refractivity contribution in [1.29, 1.82) is 0 Å². The molecule has 1 aromatic carbocycles. The van der Waals surface area contributed by atoms with E-state index in [-0.39, 0.29) is 11.3 Å². The van der Waals surface area contributed by atoms with Gasteiger partial charge >= 0.3 is 0 Å². The number of nitrogens with two attached hydrogens (primary N) is 1. The molecule has 0 fully saturated rings. The Hall–Kier alpha value is -2.71. The molecule has 0 spiro atoms. The van der Waals surface area contributed by atoms with Crippen molar-refractivity contribution < 1.29 is 14.6 Å². The van der Waals surface area contributed by atoms with Crippen LogP contribution in [0.4, 0.5) is 17.1 Å². The van der Waals surface area contributed by atoms with Gasteiger partial charge < -0.3 is 10.6 Å². The molecule has 0 atom stereocenters. The van der Waals surface area contributed by atoms with Crippen LogP contribution >= 0.6 is 0 Å². The highest BCUT2D eigenvalue weighted by Gasteiger charge is 2.29.